The first kappa shape index (κ1) is 8.09. The Labute approximate surface area is 73.3 Å². The third kappa shape index (κ3) is 1.13. The van der Waals surface area contributed by atoms with Crippen LogP contribution in [0.3, 0.4) is 0 Å². The highest BCUT2D eigenvalue weighted by Gasteiger charge is 2.42. The standard InChI is InChI=1S/C10H16O2/c1-12-10(11)9-6-5-7-3-2-4-8(7)9/h7-9H,2-6H2,1H3/t7-,8-,9+/m0/s1. The first-order valence-electron chi connectivity index (χ1n) is 4.90. The van der Waals surface area contributed by atoms with Gasteiger partial charge in [0.2, 0.25) is 0 Å². The quantitative estimate of drug-likeness (QED) is 0.560. The Kier molecular flexibility index (Phi) is 2.07. The number of carbonyl (C=O) groups is 1. The summed E-state index contributed by atoms with van der Waals surface area (Å²) in [7, 11) is 1.50. The van der Waals surface area contributed by atoms with Gasteiger partial charge in [0.15, 0.2) is 0 Å². The molecular formula is C10H16O2. The summed E-state index contributed by atoms with van der Waals surface area (Å²) in [6.07, 6.45) is 6.25. The first-order valence-corrected chi connectivity index (χ1v) is 4.90. The van der Waals surface area contributed by atoms with Crippen molar-refractivity contribution in [2.45, 2.75) is 32.1 Å². The van der Waals surface area contributed by atoms with Gasteiger partial charge in [0.05, 0.1) is 13.0 Å². The Morgan fingerprint density at radius 3 is 2.83 bits per heavy atom. The second-order valence-corrected chi connectivity index (χ2v) is 4.06. The summed E-state index contributed by atoms with van der Waals surface area (Å²) in [5.41, 5.74) is 0. The van der Waals surface area contributed by atoms with E-state index < -0.39 is 0 Å². The first-order chi connectivity index (χ1) is 5.83. The Balaban J connectivity index is 2.04. The minimum Gasteiger partial charge on any atom is -0.469 e. The summed E-state index contributed by atoms with van der Waals surface area (Å²) in [5, 5.41) is 0. The van der Waals surface area contributed by atoms with E-state index in [2.05, 4.69) is 0 Å². The molecule has 0 N–H and O–H groups in total. The Hall–Kier alpha value is -0.530. The molecule has 2 aliphatic rings. The van der Waals surface area contributed by atoms with Crippen LogP contribution in [0.5, 0.6) is 0 Å². The summed E-state index contributed by atoms with van der Waals surface area (Å²) in [4.78, 5) is 11.3. The molecule has 0 saturated heterocycles. The Morgan fingerprint density at radius 2 is 2.08 bits per heavy atom. The normalized spacial score (nSPS) is 39.6. The minimum atomic E-state index is 0.0319. The van der Waals surface area contributed by atoms with Gasteiger partial charge in [0.1, 0.15) is 0 Å². The molecule has 2 saturated carbocycles. The van der Waals surface area contributed by atoms with Gasteiger partial charge in [-0.2, -0.15) is 0 Å². The van der Waals surface area contributed by atoms with Gasteiger partial charge in [-0.3, -0.25) is 4.79 Å². The number of rotatable bonds is 1. The summed E-state index contributed by atoms with van der Waals surface area (Å²) >= 11 is 0. The molecule has 2 heteroatoms. The second kappa shape index (κ2) is 3.08. The molecule has 0 aromatic heterocycles. The van der Waals surface area contributed by atoms with E-state index in [1.54, 1.807) is 0 Å². The van der Waals surface area contributed by atoms with Gasteiger partial charge in [0, 0.05) is 0 Å². The predicted octanol–water partition coefficient (Wildman–Crippen LogP) is 1.99. The fourth-order valence-electron chi connectivity index (χ4n) is 3.01. The van der Waals surface area contributed by atoms with E-state index in [0.717, 1.165) is 12.3 Å². The third-order valence-corrected chi connectivity index (χ3v) is 3.59. The summed E-state index contributed by atoms with van der Waals surface area (Å²) < 4.78 is 4.80. The maximum atomic E-state index is 11.3. The van der Waals surface area contributed by atoms with Crippen LogP contribution < -0.4 is 0 Å². The van der Waals surface area contributed by atoms with E-state index in [9.17, 15) is 4.79 Å². The molecule has 3 atom stereocenters. The molecule has 2 fully saturated rings. The van der Waals surface area contributed by atoms with Crippen LogP contribution >= 0.6 is 0 Å². The van der Waals surface area contributed by atoms with E-state index in [4.69, 9.17) is 4.74 Å². The molecule has 2 aliphatic carbocycles. The van der Waals surface area contributed by atoms with Crippen LogP contribution in [0.4, 0.5) is 0 Å². The van der Waals surface area contributed by atoms with E-state index in [1.165, 1.54) is 32.8 Å². The molecule has 0 spiro atoms. The largest absolute Gasteiger partial charge is 0.469 e. The van der Waals surface area contributed by atoms with Crippen molar-refractivity contribution >= 4 is 5.97 Å². The average molecular weight is 168 g/mol. The average Bonchev–Trinajstić information content (AvgIpc) is 2.62. The highest BCUT2D eigenvalue weighted by molar-refractivity contribution is 5.73. The fourth-order valence-corrected chi connectivity index (χ4v) is 3.01. The Morgan fingerprint density at radius 1 is 1.25 bits per heavy atom. The van der Waals surface area contributed by atoms with E-state index in [-0.39, 0.29) is 11.9 Å². The van der Waals surface area contributed by atoms with Gasteiger partial charge in [0.25, 0.3) is 0 Å². The van der Waals surface area contributed by atoms with Crippen molar-refractivity contribution in [2.75, 3.05) is 7.11 Å². The minimum absolute atomic E-state index is 0.0319. The number of hydrogen-bond donors (Lipinski definition) is 0. The zero-order valence-corrected chi connectivity index (χ0v) is 7.58. The topological polar surface area (TPSA) is 26.3 Å². The number of carbonyl (C=O) groups excluding carboxylic acids is 1. The molecule has 2 nitrogen and oxygen atoms in total. The molecule has 2 rings (SSSR count). The molecule has 0 radical (unpaired) electrons. The van der Waals surface area contributed by atoms with Gasteiger partial charge in [-0.1, -0.05) is 12.8 Å². The smallest absolute Gasteiger partial charge is 0.308 e. The summed E-state index contributed by atoms with van der Waals surface area (Å²) in [6.45, 7) is 0. The van der Waals surface area contributed by atoms with Crippen LogP contribution in [0, 0.1) is 17.8 Å². The van der Waals surface area contributed by atoms with Gasteiger partial charge >= 0.3 is 5.97 Å². The van der Waals surface area contributed by atoms with Crippen LogP contribution in [0.25, 0.3) is 0 Å². The molecule has 0 aromatic rings. The van der Waals surface area contributed by atoms with Crippen molar-refractivity contribution in [1.82, 2.24) is 0 Å². The van der Waals surface area contributed by atoms with Crippen LogP contribution in [-0.4, -0.2) is 13.1 Å². The van der Waals surface area contributed by atoms with E-state index >= 15 is 0 Å². The molecule has 0 aromatic carbocycles. The molecule has 0 bridgehead atoms. The lowest BCUT2D eigenvalue weighted by atomic mass is 9.92. The lowest BCUT2D eigenvalue weighted by Gasteiger charge is -2.15. The zero-order chi connectivity index (χ0) is 8.55. The van der Waals surface area contributed by atoms with Crippen LogP contribution in [-0.2, 0) is 9.53 Å². The van der Waals surface area contributed by atoms with Crippen molar-refractivity contribution < 1.29 is 9.53 Å². The van der Waals surface area contributed by atoms with Gasteiger partial charge in [-0.05, 0) is 31.1 Å². The van der Waals surface area contributed by atoms with Crippen molar-refractivity contribution in [3.8, 4) is 0 Å². The summed E-state index contributed by atoms with van der Waals surface area (Å²) in [6, 6.07) is 0. The van der Waals surface area contributed by atoms with Crippen molar-refractivity contribution in [3.63, 3.8) is 0 Å². The highest BCUT2D eigenvalue weighted by Crippen LogP contribution is 2.47. The number of ether oxygens (including phenoxy) is 1. The zero-order valence-electron chi connectivity index (χ0n) is 7.58. The molecule has 0 amide bonds. The molecule has 0 aliphatic heterocycles. The van der Waals surface area contributed by atoms with E-state index in [1.807, 2.05) is 0 Å². The number of esters is 1. The molecule has 68 valence electrons. The number of hydrogen-bond acceptors (Lipinski definition) is 2. The molecule has 0 heterocycles. The highest BCUT2D eigenvalue weighted by atomic mass is 16.5. The SMILES string of the molecule is COC(=O)[C@@H]1CC[C@@H]2CCC[C@@H]21. The van der Waals surface area contributed by atoms with E-state index in [0.29, 0.717) is 5.92 Å². The lowest BCUT2D eigenvalue weighted by Crippen LogP contribution is -2.20. The maximum absolute atomic E-state index is 11.3. The number of fused-ring (bicyclic) bond motifs is 1. The third-order valence-electron chi connectivity index (χ3n) is 3.59. The van der Waals surface area contributed by atoms with Gasteiger partial charge in [-0.15, -0.1) is 0 Å². The monoisotopic (exact) mass is 168 g/mol. The summed E-state index contributed by atoms with van der Waals surface area (Å²) in [5.74, 6) is 1.78. The molecule has 0 unspecified atom stereocenters. The van der Waals surface area contributed by atoms with Crippen LogP contribution in [0.1, 0.15) is 32.1 Å². The maximum Gasteiger partial charge on any atom is 0.308 e. The van der Waals surface area contributed by atoms with Gasteiger partial charge in [-0.25, -0.2) is 0 Å². The second-order valence-electron chi connectivity index (χ2n) is 4.06. The lowest BCUT2D eigenvalue weighted by molar-refractivity contribution is -0.146. The van der Waals surface area contributed by atoms with Crippen molar-refractivity contribution in [1.29, 1.82) is 0 Å². The van der Waals surface area contributed by atoms with Crippen molar-refractivity contribution in [2.24, 2.45) is 17.8 Å². The fraction of sp³-hybridized carbons (Fsp3) is 0.900. The molecule has 12 heavy (non-hydrogen) atoms. The predicted molar refractivity (Wildman–Crippen MR) is 45.6 cm³/mol. The molecular weight excluding hydrogens is 152 g/mol. The van der Waals surface area contributed by atoms with Gasteiger partial charge < -0.3 is 4.74 Å². The Bertz CT molecular complexity index is 188. The van der Waals surface area contributed by atoms with Crippen LogP contribution in [0.2, 0.25) is 0 Å². The number of methoxy groups -OCH3 is 1. The van der Waals surface area contributed by atoms with Crippen LogP contribution in [0.15, 0.2) is 0 Å². The van der Waals surface area contributed by atoms with Crippen molar-refractivity contribution in [3.05, 3.63) is 0 Å².